The van der Waals surface area contributed by atoms with Crippen molar-refractivity contribution in [3.05, 3.63) is 78.2 Å². The van der Waals surface area contributed by atoms with Gasteiger partial charge in [0.2, 0.25) is 0 Å². The molecule has 9 nitrogen and oxygen atoms in total. The molecule has 0 saturated heterocycles. The second kappa shape index (κ2) is 9.19. The second-order valence-corrected chi connectivity index (χ2v) is 12.2. The van der Waals surface area contributed by atoms with Gasteiger partial charge >= 0.3 is 0 Å². The van der Waals surface area contributed by atoms with Crippen LogP contribution in [0, 0.1) is 0 Å². The largest absolute Gasteiger partial charge is 0.598 e. The topological polar surface area (TPSA) is 123 Å². The van der Waals surface area contributed by atoms with Gasteiger partial charge in [-0.15, -0.1) is 4.72 Å². The van der Waals surface area contributed by atoms with Crippen LogP contribution in [0.2, 0.25) is 0 Å². The Morgan fingerprint density at radius 1 is 1.11 bits per heavy atom. The maximum Gasteiger partial charge on any atom is 0.167 e. The third kappa shape index (κ3) is 4.22. The lowest BCUT2D eigenvalue weighted by atomic mass is 10.1. The van der Waals surface area contributed by atoms with Gasteiger partial charge in [-0.25, -0.2) is 24.0 Å². The summed E-state index contributed by atoms with van der Waals surface area (Å²) in [5.74, 6) is 1.55. The molecule has 0 bridgehead atoms. The zero-order valence-electron chi connectivity index (χ0n) is 21.2. The highest BCUT2D eigenvalue weighted by Gasteiger charge is 2.39. The maximum absolute atomic E-state index is 15.2. The summed E-state index contributed by atoms with van der Waals surface area (Å²) < 4.78 is 34.0. The van der Waals surface area contributed by atoms with Crippen LogP contribution in [0.4, 0.5) is 10.2 Å². The number of imidazole rings is 1. The van der Waals surface area contributed by atoms with Gasteiger partial charge in [0.1, 0.15) is 28.3 Å². The summed E-state index contributed by atoms with van der Waals surface area (Å²) in [5, 5.41) is 4.30. The molecule has 3 N–H and O–H groups in total. The zero-order chi connectivity index (χ0) is 26.6. The number of benzene rings is 1. The van der Waals surface area contributed by atoms with Crippen molar-refractivity contribution in [1.82, 2.24) is 34.0 Å². The Morgan fingerprint density at radius 3 is 2.68 bits per heavy atom. The predicted octanol–water partition coefficient (Wildman–Crippen LogP) is 4.24. The number of hydrogen-bond acceptors (Lipinski definition) is 7. The first kappa shape index (κ1) is 24.5. The van der Waals surface area contributed by atoms with Crippen LogP contribution in [-0.4, -0.2) is 44.8 Å². The summed E-state index contributed by atoms with van der Waals surface area (Å²) in [6.45, 7) is 5.59. The Hall–Kier alpha value is -3.80. The van der Waals surface area contributed by atoms with Crippen LogP contribution in [0.25, 0.3) is 34.1 Å². The summed E-state index contributed by atoms with van der Waals surface area (Å²) >= 11 is -1.40. The van der Waals surface area contributed by atoms with Crippen molar-refractivity contribution in [2.24, 2.45) is 0 Å². The molecule has 4 aromatic heterocycles. The molecule has 38 heavy (non-hydrogen) atoms. The molecule has 0 aliphatic heterocycles. The highest BCUT2D eigenvalue weighted by atomic mass is 32.2. The first-order valence-electron chi connectivity index (χ1n) is 12.3. The normalized spacial score (nSPS) is 18.1. The molecular weight excluding hydrogens is 503 g/mol. The second-order valence-electron chi connectivity index (χ2n) is 10.2. The average Bonchev–Trinajstić information content (AvgIpc) is 3.61. The summed E-state index contributed by atoms with van der Waals surface area (Å²) in [4.78, 5) is 14.0. The highest BCUT2D eigenvalue weighted by Crippen LogP contribution is 2.38. The van der Waals surface area contributed by atoms with Gasteiger partial charge < -0.3 is 10.3 Å². The lowest BCUT2D eigenvalue weighted by Gasteiger charge is -2.27. The summed E-state index contributed by atoms with van der Waals surface area (Å²) in [5.41, 5.74) is 10.6. The summed E-state index contributed by atoms with van der Waals surface area (Å²) in [6.07, 6.45) is 4.16. The number of alkyl halides is 1. The molecule has 0 fully saturated rings. The summed E-state index contributed by atoms with van der Waals surface area (Å²) in [7, 11) is 0. The Labute approximate surface area is 222 Å². The summed E-state index contributed by atoms with van der Waals surface area (Å²) in [6, 6.07) is 14.3. The Kier molecular flexibility index (Phi) is 5.93. The van der Waals surface area contributed by atoms with E-state index < -0.39 is 28.3 Å². The molecule has 0 saturated carbocycles. The highest BCUT2D eigenvalue weighted by molar-refractivity contribution is 7.90. The van der Waals surface area contributed by atoms with E-state index in [0.29, 0.717) is 34.2 Å². The molecule has 4 heterocycles. The first-order chi connectivity index (χ1) is 18.2. The molecule has 0 radical (unpaired) electrons. The quantitative estimate of drug-likeness (QED) is 0.326. The third-order valence-corrected chi connectivity index (χ3v) is 8.18. The molecule has 1 aliphatic carbocycles. The van der Waals surface area contributed by atoms with E-state index in [1.165, 1.54) is 0 Å². The number of halogens is 1. The monoisotopic (exact) mass is 530 g/mol. The van der Waals surface area contributed by atoms with Gasteiger partial charge in [0.25, 0.3) is 0 Å². The van der Waals surface area contributed by atoms with Gasteiger partial charge in [-0.05, 0) is 74.4 Å². The molecule has 1 aromatic carbocycles. The predicted molar refractivity (Wildman–Crippen MR) is 146 cm³/mol. The molecule has 5 aromatic rings. The van der Waals surface area contributed by atoms with Crippen molar-refractivity contribution in [3.63, 3.8) is 0 Å². The van der Waals surface area contributed by atoms with E-state index in [1.807, 2.05) is 74.0 Å². The number of fused-ring (bicyclic) bond motifs is 2. The maximum atomic E-state index is 15.2. The van der Waals surface area contributed by atoms with Crippen molar-refractivity contribution in [3.8, 4) is 22.9 Å². The Balaban J connectivity index is 1.50. The Bertz CT molecular complexity index is 1630. The molecule has 0 spiro atoms. The van der Waals surface area contributed by atoms with E-state index in [1.54, 1.807) is 23.1 Å². The van der Waals surface area contributed by atoms with Crippen LogP contribution in [0.3, 0.4) is 0 Å². The fraction of sp³-hybridized carbons (Fsp3) is 0.259. The minimum atomic E-state index is -1.40. The number of nitrogens with two attached hydrogens (primary N) is 1. The number of anilines is 1. The molecule has 1 aliphatic rings. The van der Waals surface area contributed by atoms with Crippen molar-refractivity contribution >= 4 is 28.3 Å². The third-order valence-electron chi connectivity index (χ3n) is 6.59. The smallest absolute Gasteiger partial charge is 0.167 e. The number of nitrogens with one attached hydrogen (secondary N) is 1. The number of nitrogen functional groups attached to an aromatic ring is 1. The van der Waals surface area contributed by atoms with Gasteiger partial charge in [-0.1, -0.05) is 6.07 Å². The number of pyridine rings is 2. The van der Waals surface area contributed by atoms with Crippen LogP contribution in [-0.2, 0) is 17.8 Å². The fourth-order valence-electron chi connectivity index (χ4n) is 4.67. The van der Waals surface area contributed by atoms with E-state index in [2.05, 4.69) is 14.8 Å². The van der Waals surface area contributed by atoms with Gasteiger partial charge in [0.05, 0.1) is 5.56 Å². The Morgan fingerprint density at radius 2 is 1.95 bits per heavy atom. The molecular formula is C27H27FN8OS. The van der Waals surface area contributed by atoms with Crippen molar-refractivity contribution < 1.29 is 8.94 Å². The van der Waals surface area contributed by atoms with Gasteiger partial charge in [0, 0.05) is 42.1 Å². The van der Waals surface area contributed by atoms with Crippen LogP contribution in [0.5, 0.6) is 0 Å². The average molecular weight is 531 g/mol. The van der Waals surface area contributed by atoms with Gasteiger partial charge in [0.15, 0.2) is 17.3 Å². The van der Waals surface area contributed by atoms with Gasteiger partial charge in [-0.2, -0.15) is 5.10 Å². The lowest BCUT2D eigenvalue weighted by Crippen LogP contribution is -2.42. The van der Waals surface area contributed by atoms with E-state index in [-0.39, 0.29) is 6.42 Å². The van der Waals surface area contributed by atoms with E-state index in [0.717, 1.165) is 16.8 Å². The SMILES string of the molecule is CC(C)(C)[S@+]([O-])N[C@@H]1c2ccc(-n3c(-c4cccnc4N)nc4ccc(-n5cccn5)nc43)cc2CC1F. The molecule has 194 valence electrons. The lowest BCUT2D eigenvalue weighted by molar-refractivity contribution is 0.289. The number of aromatic nitrogens is 6. The molecule has 3 atom stereocenters. The van der Waals surface area contributed by atoms with Crippen LogP contribution < -0.4 is 10.5 Å². The minimum absolute atomic E-state index is 0.213. The minimum Gasteiger partial charge on any atom is -0.598 e. The number of hydrogen-bond donors (Lipinski definition) is 2. The van der Waals surface area contributed by atoms with E-state index in [9.17, 15) is 4.55 Å². The van der Waals surface area contributed by atoms with Crippen molar-refractivity contribution in [2.45, 2.75) is 44.2 Å². The molecule has 6 rings (SSSR count). The molecule has 1 unspecified atom stereocenters. The van der Waals surface area contributed by atoms with Gasteiger partial charge in [-0.3, -0.25) is 4.57 Å². The standard InChI is InChI=1S/C27H27FN8OS/c1-27(2,3)38(37)34-23-18-8-7-17(14-16(18)15-20(23)28)36-25(19-6-4-11-30-24(19)29)32-21-9-10-22(33-26(21)36)35-13-5-12-31-35/h4-14,20,23,34H,15H2,1-3H3,(H2,29,30)/t20?,23-,38+/m1/s1. The molecule has 0 amide bonds. The fourth-order valence-corrected chi connectivity index (χ4v) is 5.53. The van der Waals surface area contributed by atoms with Crippen molar-refractivity contribution in [2.75, 3.05) is 5.73 Å². The van der Waals surface area contributed by atoms with Crippen molar-refractivity contribution in [1.29, 1.82) is 0 Å². The zero-order valence-corrected chi connectivity index (χ0v) is 22.0. The van der Waals surface area contributed by atoms with E-state index >= 15 is 4.39 Å². The first-order valence-corrected chi connectivity index (χ1v) is 13.4. The molecule has 11 heteroatoms. The van der Waals surface area contributed by atoms with Crippen LogP contribution in [0.15, 0.2) is 67.1 Å². The number of rotatable bonds is 5. The van der Waals surface area contributed by atoms with Crippen LogP contribution >= 0.6 is 0 Å². The van der Waals surface area contributed by atoms with E-state index in [4.69, 9.17) is 15.7 Å². The number of nitrogens with zero attached hydrogens (tertiary/aromatic N) is 6. The van der Waals surface area contributed by atoms with Crippen LogP contribution in [0.1, 0.15) is 37.9 Å².